The van der Waals surface area contributed by atoms with E-state index >= 15 is 0 Å². The van der Waals surface area contributed by atoms with E-state index in [2.05, 4.69) is 4.98 Å². The zero-order valence-corrected chi connectivity index (χ0v) is 9.48. The van der Waals surface area contributed by atoms with E-state index in [1.165, 1.54) is 12.3 Å². The van der Waals surface area contributed by atoms with Gasteiger partial charge >= 0.3 is 0 Å². The van der Waals surface area contributed by atoms with E-state index in [1.807, 2.05) is 41.5 Å². The van der Waals surface area contributed by atoms with Crippen molar-refractivity contribution >= 4 is 0 Å². The molecule has 0 radical (unpaired) electrons. The molecule has 0 aliphatic rings. The number of nitrogens with zero attached hydrogens (tertiary/aromatic N) is 1. The molecule has 0 unspecified atom stereocenters. The molecule has 1 rings (SSSR count). The van der Waals surface area contributed by atoms with E-state index in [1.54, 1.807) is 0 Å². The zero-order chi connectivity index (χ0) is 10.9. The Kier molecular flexibility index (Phi) is 10.3. The fraction of sp³-hybridized carbons (Fsp3) is 0.545. The van der Waals surface area contributed by atoms with Crippen LogP contribution in [0.5, 0.6) is 0 Å². The third kappa shape index (κ3) is 6.26. The SMILES string of the molecule is CC.CC.Cc1cc(F)cnc1C. The Morgan fingerprint density at radius 3 is 1.85 bits per heavy atom. The summed E-state index contributed by atoms with van der Waals surface area (Å²) < 4.78 is 12.3. The normalized spacial score (nSPS) is 7.62. The quantitative estimate of drug-likeness (QED) is 0.597. The van der Waals surface area contributed by atoms with Crippen LogP contribution in [0.25, 0.3) is 0 Å². The summed E-state index contributed by atoms with van der Waals surface area (Å²) in [6, 6.07) is 1.47. The molecule has 0 saturated heterocycles. The zero-order valence-electron chi connectivity index (χ0n) is 9.48. The minimum Gasteiger partial charge on any atom is -0.258 e. The van der Waals surface area contributed by atoms with Crippen LogP contribution in [-0.4, -0.2) is 4.98 Å². The van der Waals surface area contributed by atoms with Gasteiger partial charge in [0.15, 0.2) is 0 Å². The van der Waals surface area contributed by atoms with Gasteiger partial charge in [0.05, 0.1) is 6.20 Å². The molecule has 0 fully saturated rings. The van der Waals surface area contributed by atoms with E-state index in [0.717, 1.165) is 11.3 Å². The topological polar surface area (TPSA) is 12.9 Å². The Hall–Kier alpha value is -0.920. The molecule has 0 atom stereocenters. The fourth-order valence-corrected chi connectivity index (χ4v) is 0.609. The maximum absolute atomic E-state index is 12.3. The molecule has 13 heavy (non-hydrogen) atoms. The van der Waals surface area contributed by atoms with Crippen LogP contribution < -0.4 is 0 Å². The molecular formula is C11H20FN. The van der Waals surface area contributed by atoms with Crippen LogP contribution in [0, 0.1) is 19.7 Å². The highest BCUT2D eigenvalue weighted by Gasteiger charge is 1.93. The summed E-state index contributed by atoms with van der Waals surface area (Å²) in [4.78, 5) is 3.80. The van der Waals surface area contributed by atoms with Gasteiger partial charge in [-0.2, -0.15) is 0 Å². The highest BCUT2D eigenvalue weighted by molar-refractivity contribution is 5.16. The molecule has 1 aromatic heterocycles. The molecule has 0 aliphatic carbocycles. The number of hydrogen-bond donors (Lipinski definition) is 0. The second-order valence-corrected chi connectivity index (χ2v) is 2.06. The fourth-order valence-electron chi connectivity index (χ4n) is 0.609. The van der Waals surface area contributed by atoms with Gasteiger partial charge in [-0.3, -0.25) is 4.98 Å². The Morgan fingerprint density at radius 1 is 1.08 bits per heavy atom. The predicted octanol–water partition coefficient (Wildman–Crippen LogP) is 3.89. The van der Waals surface area contributed by atoms with Crippen molar-refractivity contribution in [3.05, 3.63) is 29.3 Å². The van der Waals surface area contributed by atoms with Crippen molar-refractivity contribution in [2.75, 3.05) is 0 Å². The van der Waals surface area contributed by atoms with Crippen molar-refractivity contribution in [3.63, 3.8) is 0 Å². The Balaban J connectivity index is 0. The molecule has 0 spiro atoms. The van der Waals surface area contributed by atoms with Crippen molar-refractivity contribution in [3.8, 4) is 0 Å². The molecule has 2 heteroatoms. The van der Waals surface area contributed by atoms with Crippen molar-refractivity contribution in [2.24, 2.45) is 0 Å². The van der Waals surface area contributed by atoms with Crippen LogP contribution >= 0.6 is 0 Å². The third-order valence-electron chi connectivity index (χ3n) is 1.31. The number of rotatable bonds is 0. The molecule has 1 nitrogen and oxygen atoms in total. The predicted molar refractivity (Wildman–Crippen MR) is 56.4 cm³/mol. The largest absolute Gasteiger partial charge is 0.258 e. The van der Waals surface area contributed by atoms with Crippen LogP contribution in [-0.2, 0) is 0 Å². The maximum atomic E-state index is 12.3. The average Bonchev–Trinajstić information content (AvgIpc) is 2.18. The number of hydrogen-bond acceptors (Lipinski definition) is 1. The first-order chi connectivity index (χ1) is 6.20. The standard InChI is InChI=1S/C7H8FN.2C2H6/c1-5-3-7(8)4-9-6(5)2;2*1-2/h3-4H,1-2H3;2*1-2H3. The average molecular weight is 185 g/mol. The van der Waals surface area contributed by atoms with Crippen molar-refractivity contribution < 1.29 is 4.39 Å². The van der Waals surface area contributed by atoms with E-state index in [0.29, 0.717) is 0 Å². The van der Waals surface area contributed by atoms with E-state index in [-0.39, 0.29) is 5.82 Å². The first-order valence-electron chi connectivity index (χ1n) is 4.79. The van der Waals surface area contributed by atoms with Gasteiger partial charge in [0.2, 0.25) is 0 Å². The van der Waals surface area contributed by atoms with E-state index < -0.39 is 0 Å². The van der Waals surface area contributed by atoms with Crippen molar-refractivity contribution in [2.45, 2.75) is 41.5 Å². The summed E-state index contributed by atoms with van der Waals surface area (Å²) in [6.07, 6.45) is 1.22. The second-order valence-electron chi connectivity index (χ2n) is 2.06. The summed E-state index contributed by atoms with van der Waals surface area (Å²) in [6.45, 7) is 11.7. The molecule has 0 saturated carbocycles. The summed E-state index contributed by atoms with van der Waals surface area (Å²) in [5, 5.41) is 0. The summed E-state index contributed by atoms with van der Waals surface area (Å²) >= 11 is 0. The molecule has 0 N–H and O–H groups in total. The van der Waals surface area contributed by atoms with Crippen molar-refractivity contribution in [1.29, 1.82) is 0 Å². The minimum absolute atomic E-state index is 0.266. The lowest BCUT2D eigenvalue weighted by molar-refractivity contribution is 0.618. The van der Waals surface area contributed by atoms with Crippen LogP contribution in [0.4, 0.5) is 4.39 Å². The summed E-state index contributed by atoms with van der Waals surface area (Å²) in [5.41, 5.74) is 1.78. The first-order valence-corrected chi connectivity index (χ1v) is 4.79. The molecule has 0 amide bonds. The Morgan fingerprint density at radius 2 is 1.54 bits per heavy atom. The molecular weight excluding hydrogens is 165 g/mol. The Bertz CT molecular complexity index is 221. The molecule has 76 valence electrons. The number of aryl methyl sites for hydroxylation is 2. The van der Waals surface area contributed by atoms with Gasteiger partial charge in [-0.15, -0.1) is 0 Å². The summed E-state index contributed by atoms with van der Waals surface area (Å²) in [7, 11) is 0. The van der Waals surface area contributed by atoms with Gasteiger partial charge in [0.1, 0.15) is 5.82 Å². The number of halogens is 1. The van der Waals surface area contributed by atoms with Crippen molar-refractivity contribution in [1.82, 2.24) is 4.98 Å². The highest BCUT2D eigenvalue weighted by Crippen LogP contribution is 2.03. The van der Waals surface area contributed by atoms with Crippen LogP contribution in [0.3, 0.4) is 0 Å². The molecule has 0 aromatic carbocycles. The number of pyridine rings is 1. The Labute approximate surface area is 81.0 Å². The third-order valence-corrected chi connectivity index (χ3v) is 1.31. The monoisotopic (exact) mass is 185 g/mol. The van der Waals surface area contributed by atoms with Gasteiger partial charge in [0.25, 0.3) is 0 Å². The van der Waals surface area contributed by atoms with E-state index in [9.17, 15) is 4.39 Å². The van der Waals surface area contributed by atoms with E-state index in [4.69, 9.17) is 0 Å². The first kappa shape index (κ1) is 14.6. The smallest absolute Gasteiger partial charge is 0.141 e. The minimum atomic E-state index is -0.266. The highest BCUT2D eigenvalue weighted by atomic mass is 19.1. The van der Waals surface area contributed by atoms with Gasteiger partial charge in [-0.25, -0.2) is 4.39 Å². The van der Waals surface area contributed by atoms with Gasteiger partial charge < -0.3 is 0 Å². The van der Waals surface area contributed by atoms with Gasteiger partial charge in [-0.1, -0.05) is 27.7 Å². The maximum Gasteiger partial charge on any atom is 0.141 e. The van der Waals surface area contributed by atoms with Gasteiger partial charge in [-0.05, 0) is 25.5 Å². The molecule has 1 heterocycles. The van der Waals surface area contributed by atoms with Gasteiger partial charge in [0, 0.05) is 5.69 Å². The van der Waals surface area contributed by atoms with Crippen LogP contribution in [0.1, 0.15) is 39.0 Å². The lowest BCUT2D eigenvalue weighted by Gasteiger charge is -1.95. The lowest BCUT2D eigenvalue weighted by Crippen LogP contribution is -1.86. The lowest BCUT2D eigenvalue weighted by atomic mass is 10.2. The molecule has 0 aliphatic heterocycles. The van der Waals surface area contributed by atoms with Crippen LogP contribution in [0.2, 0.25) is 0 Å². The second kappa shape index (κ2) is 9.17. The number of aromatic nitrogens is 1. The van der Waals surface area contributed by atoms with Crippen LogP contribution in [0.15, 0.2) is 12.3 Å². The molecule has 1 aromatic rings. The molecule has 0 bridgehead atoms. The summed E-state index contributed by atoms with van der Waals surface area (Å²) in [5.74, 6) is -0.266.